The third-order valence-corrected chi connectivity index (χ3v) is 4.56. The molecule has 2 amide bonds. The average Bonchev–Trinajstić information content (AvgIpc) is 2.72. The summed E-state index contributed by atoms with van der Waals surface area (Å²) >= 11 is 0. The fourth-order valence-electron chi connectivity index (χ4n) is 3.01. The summed E-state index contributed by atoms with van der Waals surface area (Å²) in [7, 11) is 1.36. The SMILES string of the molecule is COC(=O)c1cccc(N2CCN(C(=O)NCc3ccc(F)cc3)CC2)c1. The van der Waals surface area contributed by atoms with Crippen molar-refractivity contribution in [2.24, 2.45) is 0 Å². The first-order valence-corrected chi connectivity index (χ1v) is 8.77. The largest absolute Gasteiger partial charge is 0.465 e. The van der Waals surface area contributed by atoms with Gasteiger partial charge in [-0.1, -0.05) is 18.2 Å². The topological polar surface area (TPSA) is 61.9 Å². The van der Waals surface area contributed by atoms with Crippen molar-refractivity contribution in [3.05, 3.63) is 65.5 Å². The van der Waals surface area contributed by atoms with Gasteiger partial charge in [-0.3, -0.25) is 0 Å². The van der Waals surface area contributed by atoms with Crippen molar-refractivity contribution in [2.45, 2.75) is 6.54 Å². The number of esters is 1. The van der Waals surface area contributed by atoms with Crippen LogP contribution in [0.4, 0.5) is 14.9 Å². The van der Waals surface area contributed by atoms with Crippen molar-refractivity contribution >= 4 is 17.7 Å². The predicted molar refractivity (Wildman–Crippen MR) is 100 cm³/mol. The predicted octanol–water partition coefficient (Wildman–Crippen LogP) is 2.64. The van der Waals surface area contributed by atoms with Crippen molar-refractivity contribution in [3.8, 4) is 0 Å². The van der Waals surface area contributed by atoms with Gasteiger partial charge >= 0.3 is 12.0 Å². The van der Waals surface area contributed by atoms with Crippen LogP contribution in [0.5, 0.6) is 0 Å². The van der Waals surface area contributed by atoms with Gasteiger partial charge in [-0.15, -0.1) is 0 Å². The third-order valence-electron chi connectivity index (χ3n) is 4.56. The van der Waals surface area contributed by atoms with Gasteiger partial charge in [-0.05, 0) is 35.9 Å². The van der Waals surface area contributed by atoms with Crippen LogP contribution < -0.4 is 10.2 Å². The molecule has 1 heterocycles. The lowest BCUT2D eigenvalue weighted by atomic mass is 10.1. The molecule has 6 nitrogen and oxygen atoms in total. The zero-order chi connectivity index (χ0) is 19.2. The second kappa shape index (κ2) is 8.53. The van der Waals surface area contributed by atoms with E-state index in [2.05, 4.69) is 10.2 Å². The van der Waals surface area contributed by atoms with Gasteiger partial charge in [0.15, 0.2) is 0 Å². The number of nitrogens with zero attached hydrogens (tertiary/aromatic N) is 2. The number of piperazine rings is 1. The van der Waals surface area contributed by atoms with Crippen LogP contribution in [0.15, 0.2) is 48.5 Å². The van der Waals surface area contributed by atoms with Crippen molar-refractivity contribution in [1.82, 2.24) is 10.2 Å². The van der Waals surface area contributed by atoms with E-state index in [9.17, 15) is 14.0 Å². The molecule has 3 rings (SSSR count). The summed E-state index contributed by atoms with van der Waals surface area (Å²) in [6, 6.07) is 13.2. The lowest BCUT2D eigenvalue weighted by Gasteiger charge is -2.36. The van der Waals surface area contributed by atoms with Gasteiger partial charge < -0.3 is 19.9 Å². The highest BCUT2D eigenvalue weighted by Crippen LogP contribution is 2.19. The molecule has 27 heavy (non-hydrogen) atoms. The number of hydrogen-bond donors (Lipinski definition) is 1. The second-order valence-electron chi connectivity index (χ2n) is 6.30. The van der Waals surface area contributed by atoms with E-state index >= 15 is 0 Å². The summed E-state index contributed by atoms with van der Waals surface area (Å²) in [5.74, 6) is -0.659. The molecular formula is C20H22FN3O3. The first-order valence-electron chi connectivity index (χ1n) is 8.77. The maximum Gasteiger partial charge on any atom is 0.337 e. The molecule has 0 spiro atoms. The number of hydrogen-bond acceptors (Lipinski definition) is 4. The number of halogens is 1. The molecule has 1 N–H and O–H groups in total. The van der Waals surface area contributed by atoms with Crippen LogP contribution in [0.2, 0.25) is 0 Å². The Labute approximate surface area is 157 Å². The Balaban J connectivity index is 1.51. The molecule has 2 aromatic carbocycles. The number of rotatable bonds is 4. The standard InChI is InChI=1S/C20H22FN3O3/c1-27-19(25)16-3-2-4-18(13-16)23-9-11-24(12-10-23)20(26)22-14-15-5-7-17(21)8-6-15/h2-8,13H,9-12,14H2,1H3,(H,22,26). The lowest BCUT2D eigenvalue weighted by molar-refractivity contribution is 0.0600. The molecule has 0 radical (unpaired) electrons. The first kappa shape index (κ1) is 18.7. The highest BCUT2D eigenvalue weighted by molar-refractivity contribution is 5.90. The van der Waals surface area contributed by atoms with E-state index in [1.807, 2.05) is 12.1 Å². The minimum Gasteiger partial charge on any atom is -0.465 e. The molecule has 142 valence electrons. The smallest absolute Gasteiger partial charge is 0.337 e. The number of ether oxygens (including phenoxy) is 1. The highest BCUT2D eigenvalue weighted by Gasteiger charge is 2.21. The van der Waals surface area contributed by atoms with E-state index in [1.165, 1.54) is 19.2 Å². The fraction of sp³-hybridized carbons (Fsp3) is 0.300. The monoisotopic (exact) mass is 371 g/mol. The highest BCUT2D eigenvalue weighted by atomic mass is 19.1. The molecular weight excluding hydrogens is 349 g/mol. The zero-order valence-electron chi connectivity index (χ0n) is 15.2. The minimum absolute atomic E-state index is 0.137. The van der Waals surface area contributed by atoms with Crippen LogP contribution in [0.3, 0.4) is 0 Å². The molecule has 0 bridgehead atoms. The Morgan fingerprint density at radius 1 is 1.07 bits per heavy atom. The molecule has 0 aliphatic carbocycles. The number of carbonyl (C=O) groups is 2. The minimum atomic E-state index is -0.365. The molecule has 2 aromatic rings. The van der Waals surface area contributed by atoms with E-state index in [0.717, 1.165) is 11.3 Å². The summed E-state index contributed by atoms with van der Waals surface area (Å²) in [5.41, 5.74) is 2.29. The van der Waals surface area contributed by atoms with Gasteiger partial charge in [0, 0.05) is 38.4 Å². The van der Waals surface area contributed by atoms with Crippen LogP contribution in [0.25, 0.3) is 0 Å². The van der Waals surface area contributed by atoms with Gasteiger partial charge in [0.25, 0.3) is 0 Å². The lowest BCUT2D eigenvalue weighted by Crippen LogP contribution is -2.51. The summed E-state index contributed by atoms with van der Waals surface area (Å²) in [5, 5.41) is 2.86. The van der Waals surface area contributed by atoms with Crippen LogP contribution in [-0.2, 0) is 11.3 Å². The van der Waals surface area contributed by atoms with E-state index in [4.69, 9.17) is 4.74 Å². The second-order valence-corrected chi connectivity index (χ2v) is 6.30. The van der Waals surface area contributed by atoms with E-state index < -0.39 is 0 Å². The van der Waals surface area contributed by atoms with Crippen molar-refractivity contribution in [1.29, 1.82) is 0 Å². The number of amides is 2. The number of methoxy groups -OCH3 is 1. The molecule has 0 aromatic heterocycles. The van der Waals surface area contributed by atoms with Crippen molar-refractivity contribution < 1.29 is 18.7 Å². The Bertz CT molecular complexity index is 802. The summed E-state index contributed by atoms with van der Waals surface area (Å²) < 4.78 is 17.7. The van der Waals surface area contributed by atoms with E-state index in [-0.39, 0.29) is 17.8 Å². The number of carbonyl (C=O) groups excluding carboxylic acids is 2. The Hall–Kier alpha value is -3.09. The first-order chi connectivity index (χ1) is 13.1. The van der Waals surface area contributed by atoms with Crippen LogP contribution >= 0.6 is 0 Å². The Morgan fingerprint density at radius 2 is 1.78 bits per heavy atom. The average molecular weight is 371 g/mol. The molecule has 0 unspecified atom stereocenters. The molecule has 1 aliphatic heterocycles. The zero-order valence-corrected chi connectivity index (χ0v) is 15.2. The number of benzene rings is 2. The number of nitrogens with one attached hydrogen (secondary N) is 1. The summed E-state index contributed by atoms with van der Waals surface area (Å²) in [4.78, 5) is 27.9. The Morgan fingerprint density at radius 3 is 2.44 bits per heavy atom. The van der Waals surface area contributed by atoms with Gasteiger partial charge in [0.05, 0.1) is 12.7 Å². The number of urea groups is 1. The molecule has 1 saturated heterocycles. The van der Waals surface area contributed by atoms with Gasteiger partial charge in [0.2, 0.25) is 0 Å². The van der Waals surface area contributed by atoms with Crippen molar-refractivity contribution in [2.75, 3.05) is 38.2 Å². The molecule has 0 saturated carbocycles. The molecule has 1 fully saturated rings. The van der Waals surface area contributed by atoms with Gasteiger partial charge in [-0.25, -0.2) is 14.0 Å². The maximum atomic E-state index is 12.9. The Kier molecular flexibility index (Phi) is 5.90. The van der Waals surface area contributed by atoms with Crippen molar-refractivity contribution in [3.63, 3.8) is 0 Å². The van der Waals surface area contributed by atoms with Crippen LogP contribution in [-0.4, -0.2) is 50.2 Å². The van der Waals surface area contributed by atoms with Gasteiger partial charge in [-0.2, -0.15) is 0 Å². The van der Waals surface area contributed by atoms with Gasteiger partial charge in [0.1, 0.15) is 5.82 Å². The molecule has 0 atom stereocenters. The molecule has 7 heteroatoms. The number of anilines is 1. The van der Waals surface area contributed by atoms with Crippen LogP contribution in [0, 0.1) is 5.82 Å². The quantitative estimate of drug-likeness (QED) is 0.840. The third kappa shape index (κ3) is 4.75. The summed E-state index contributed by atoms with van der Waals surface area (Å²) in [6.07, 6.45) is 0. The maximum absolute atomic E-state index is 12.9. The fourth-order valence-corrected chi connectivity index (χ4v) is 3.01. The van der Waals surface area contributed by atoms with E-state index in [1.54, 1.807) is 29.2 Å². The molecule has 1 aliphatic rings. The summed E-state index contributed by atoms with van der Waals surface area (Å²) in [6.45, 7) is 2.87. The van der Waals surface area contributed by atoms with Crippen LogP contribution in [0.1, 0.15) is 15.9 Å². The van der Waals surface area contributed by atoms with E-state index in [0.29, 0.717) is 38.3 Å². The normalized spacial score (nSPS) is 14.0.